The molecule has 1 heterocycles. The Hall–Kier alpha value is -2.48. The molecule has 2 aromatic rings. The first-order valence-electron chi connectivity index (χ1n) is 5.66. The molecule has 0 saturated carbocycles. The van der Waals surface area contributed by atoms with Gasteiger partial charge >= 0.3 is 0 Å². The molecule has 106 valence electrons. The van der Waals surface area contributed by atoms with E-state index >= 15 is 0 Å². The van der Waals surface area contributed by atoms with E-state index in [1.165, 1.54) is 12.3 Å². The van der Waals surface area contributed by atoms with Crippen LogP contribution in [-0.4, -0.2) is 25.6 Å². The number of amides is 1. The van der Waals surface area contributed by atoms with Crippen molar-refractivity contribution in [2.75, 3.05) is 22.0 Å². The molecule has 0 unspecified atom stereocenters. The van der Waals surface area contributed by atoms with E-state index in [-0.39, 0.29) is 5.91 Å². The predicted molar refractivity (Wildman–Crippen MR) is 78.1 cm³/mol. The number of nitrogens with two attached hydrogens (primary N) is 1. The highest BCUT2D eigenvalue weighted by Crippen LogP contribution is 2.15. The topological polar surface area (TPSA) is 117 Å². The van der Waals surface area contributed by atoms with Gasteiger partial charge in [0.1, 0.15) is 5.69 Å². The molecule has 20 heavy (non-hydrogen) atoms. The van der Waals surface area contributed by atoms with Crippen molar-refractivity contribution < 1.29 is 13.2 Å². The molecule has 0 radical (unpaired) electrons. The number of aromatic nitrogens is 1. The lowest BCUT2D eigenvalue weighted by Crippen LogP contribution is -2.12. The molecule has 2 rings (SSSR count). The van der Waals surface area contributed by atoms with Gasteiger partial charge in [-0.05, 0) is 30.3 Å². The van der Waals surface area contributed by atoms with Crippen LogP contribution in [0.5, 0.6) is 0 Å². The summed E-state index contributed by atoms with van der Waals surface area (Å²) < 4.78 is 24.4. The SMILES string of the molecule is CS(=O)(=O)Nc1ccc(NC(=O)c2cc(N)c[nH]2)cc1. The number of H-pyrrole nitrogens is 1. The third-order valence-corrected chi connectivity index (χ3v) is 3.00. The van der Waals surface area contributed by atoms with Crippen LogP contribution in [-0.2, 0) is 10.0 Å². The molecule has 0 fully saturated rings. The number of anilines is 3. The number of carbonyl (C=O) groups excluding carboxylic acids is 1. The van der Waals surface area contributed by atoms with Gasteiger partial charge in [0.05, 0.1) is 6.26 Å². The molecule has 5 N–H and O–H groups in total. The smallest absolute Gasteiger partial charge is 0.272 e. The van der Waals surface area contributed by atoms with Crippen LogP contribution in [0.2, 0.25) is 0 Å². The Labute approximate surface area is 116 Å². The van der Waals surface area contributed by atoms with Gasteiger partial charge in [-0.3, -0.25) is 9.52 Å². The van der Waals surface area contributed by atoms with Crippen molar-refractivity contribution in [3.05, 3.63) is 42.2 Å². The predicted octanol–water partition coefficient (Wildman–Crippen LogP) is 1.22. The maximum atomic E-state index is 11.8. The van der Waals surface area contributed by atoms with E-state index in [0.29, 0.717) is 22.8 Å². The lowest BCUT2D eigenvalue weighted by molar-refractivity contribution is 0.102. The van der Waals surface area contributed by atoms with Crippen LogP contribution in [0.25, 0.3) is 0 Å². The number of hydrogen-bond donors (Lipinski definition) is 4. The van der Waals surface area contributed by atoms with E-state index in [1.54, 1.807) is 24.3 Å². The van der Waals surface area contributed by atoms with Gasteiger partial charge in [0.2, 0.25) is 10.0 Å². The first-order chi connectivity index (χ1) is 9.33. The summed E-state index contributed by atoms with van der Waals surface area (Å²) in [4.78, 5) is 14.6. The van der Waals surface area contributed by atoms with E-state index < -0.39 is 10.0 Å². The third kappa shape index (κ3) is 3.75. The van der Waals surface area contributed by atoms with Crippen LogP contribution in [0, 0.1) is 0 Å². The van der Waals surface area contributed by atoms with Gasteiger partial charge in [0, 0.05) is 23.3 Å². The number of benzene rings is 1. The fourth-order valence-corrected chi connectivity index (χ4v) is 2.14. The van der Waals surface area contributed by atoms with Gasteiger partial charge in [-0.25, -0.2) is 8.42 Å². The number of rotatable bonds is 4. The van der Waals surface area contributed by atoms with Gasteiger partial charge in [-0.1, -0.05) is 0 Å². The van der Waals surface area contributed by atoms with Crippen molar-refractivity contribution in [3.63, 3.8) is 0 Å². The highest BCUT2D eigenvalue weighted by Gasteiger charge is 2.08. The molecule has 0 aliphatic heterocycles. The monoisotopic (exact) mass is 294 g/mol. The van der Waals surface area contributed by atoms with Crippen LogP contribution >= 0.6 is 0 Å². The lowest BCUT2D eigenvalue weighted by atomic mass is 10.3. The summed E-state index contributed by atoms with van der Waals surface area (Å²) in [6.45, 7) is 0. The number of aromatic amines is 1. The molecule has 1 amide bonds. The number of sulfonamides is 1. The van der Waals surface area contributed by atoms with Crippen molar-refractivity contribution in [1.29, 1.82) is 0 Å². The first-order valence-corrected chi connectivity index (χ1v) is 7.56. The minimum atomic E-state index is -3.31. The zero-order valence-corrected chi connectivity index (χ0v) is 11.5. The van der Waals surface area contributed by atoms with E-state index in [9.17, 15) is 13.2 Å². The molecule has 1 aromatic carbocycles. The van der Waals surface area contributed by atoms with Crippen molar-refractivity contribution in [1.82, 2.24) is 4.98 Å². The van der Waals surface area contributed by atoms with Gasteiger partial charge in [-0.15, -0.1) is 0 Å². The van der Waals surface area contributed by atoms with Crippen molar-refractivity contribution in [2.24, 2.45) is 0 Å². The molecule has 0 bridgehead atoms. The summed E-state index contributed by atoms with van der Waals surface area (Å²) >= 11 is 0. The van der Waals surface area contributed by atoms with Crippen LogP contribution in [0.3, 0.4) is 0 Å². The largest absolute Gasteiger partial charge is 0.397 e. The second-order valence-corrected chi connectivity index (χ2v) is 6.00. The summed E-state index contributed by atoms with van der Waals surface area (Å²) in [5, 5.41) is 2.66. The molecule has 0 spiro atoms. The molecule has 7 nitrogen and oxygen atoms in total. The summed E-state index contributed by atoms with van der Waals surface area (Å²) in [5.74, 6) is -0.328. The minimum Gasteiger partial charge on any atom is -0.397 e. The van der Waals surface area contributed by atoms with Crippen LogP contribution in [0.4, 0.5) is 17.1 Å². The maximum Gasteiger partial charge on any atom is 0.272 e. The zero-order chi connectivity index (χ0) is 14.8. The molecule has 8 heteroatoms. The Morgan fingerprint density at radius 3 is 2.30 bits per heavy atom. The number of carbonyl (C=O) groups is 1. The van der Waals surface area contributed by atoms with E-state index in [2.05, 4.69) is 15.0 Å². The van der Waals surface area contributed by atoms with Crippen molar-refractivity contribution >= 4 is 33.0 Å². The quantitative estimate of drug-likeness (QED) is 0.678. The highest BCUT2D eigenvalue weighted by atomic mass is 32.2. The first kappa shape index (κ1) is 13.9. The molecular formula is C12H14N4O3S. The maximum absolute atomic E-state index is 11.8. The van der Waals surface area contributed by atoms with Gasteiger partial charge < -0.3 is 16.0 Å². The van der Waals surface area contributed by atoms with E-state index in [4.69, 9.17) is 5.73 Å². The zero-order valence-electron chi connectivity index (χ0n) is 10.7. The lowest BCUT2D eigenvalue weighted by Gasteiger charge is -2.06. The molecule has 0 saturated heterocycles. The van der Waals surface area contributed by atoms with E-state index in [0.717, 1.165) is 6.26 Å². The average Bonchev–Trinajstić information content (AvgIpc) is 2.77. The molecule has 1 aromatic heterocycles. The second-order valence-electron chi connectivity index (χ2n) is 4.25. The Balaban J connectivity index is 2.06. The van der Waals surface area contributed by atoms with Gasteiger partial charge in [0.15, 0.2) is 0 Å². The summed E-state index contributed by atoms with van der Waals surface area (Å²) in [6, 6.07) is 7.82. The van der Waals surface area contributed by atoms with Crippen molar-refractivity contribution in [2.45, 2.75) is 0 Å². The second kappa shape index (κ2) is 5.25. The fraction of sp³-hybridized carbons (Fsp3) is 0.0833. The number of hydrogen-bond acceptors (Lipinski definition) is 4. The normalized spacial score (nSPS) is 11.1. The fourth-order valence-electron chi connectivity index (χ4n) is 1.58. The third-order valence-electron chi connectivity index (χ3n) is 2.40. The summed E-state index contributed by atoms with van der Waals surface area (Å²) in [7, 11) is -3.31. The molecule has 0 aliphatic carbocycles. The van der Waals surface area contributed by atoms with Crippen LogP contribution in [0.15, 0.2) is 36.5 Å². The van der Waals surface area contributed by atoms with Crippen LogP contribution in [0.1, 0.15) is 10.5 Å². The highest BCUT2D eigenvalue weighted by molar-refractivity contribution is 7.92. The minimum absolute atomic E-state index is 0.328. The molecule has 0 atom stereocenters. The average molecular weight is 294 g/mol. The Bertz CT molecular complexity index is 719. The summed E-state index contributed by atoms with van der Waals surface area (Å²) in [5.41, 5.74) is 7.30. The standard InChI is InChI=1S/C12H14N4O3S/c1-20(18,19)16-10-4-2-9(3-5-10)15-12(17)11-6-8(13)7-14-11/h2-7,14,16H,13H2,1H3,(H,15,17). The summed E-state index contributed by atoms with van der Waals surface area (Å²) in [6.07, 6.45) is 2.59. The van der Waals surface area contributed by atoms with Crippen LogP contribution < -0.4 is 15.8 Å². The van der Waals surface area contributed by atoms with Gasteiger partial charge in [0.25, 0.3) is 5.91 Å². The molecule has 0 aliphatic rings. The van der Waals surface area contributed by atoms with Gasteiger partial charge in [-0.2, -0.15) is 0 Å². The Morgan fingerprint density at radius 2 is 1.80 bits per heavy atom. The van der Waals surface area contributed by atoms with E-state index in [1.807, 2.05) is 0 Å². The number of nitrogens with one attached hydrogen (secondary N) is 3. The van der Waals surface area contributed by atoms with Crippen molar-refractivity contribution in [3.8, 4) is 0 Å². The number of nitrogen functional groups attached to an aromatic ring is 1. The Kier molecular flexibility index (Phi) is 3.66. The molecular weight excluding hydrogens is 280 g/mol. The Morgan fingerprint density at radius 1 is 1.20 bits per heavy atom.